The lowest BCUT2D eigenvalue weighted by Gasteiger charge is -2.45. The molecule has 0 saturated carbocycles. The summed E-state index contributed by atoms with van der Waals surface area (Å²) >= 11 is 0. The van der Waals surface area contributed by atoms with Gasteiger partial charge in [-0.2, -0.15) is 0 Å². The van der Waals surface area contributed by atoms with E-state index in [9.17, 15) is 35.7 Å². The van der Waals surface area contributed by atoms with E-state index >= 15 is 0 Å². The van der Waals surface area contributed by atoms with E-state index in [-0.39, 0.29) is 0 Å². The van der Waals surface area contributed by atoms with Gasteiger partial charge < -0.3 is 55.1 Å². The smallest absolute Gasteiger partial charge is 0.187 e. The van der Waals surface area contributed by atoms with E-state index in [4.69, 9.17) is 19.3 Å². The molecule has 8 N–H and O–H groups in total. The van der Waals surface area contributed by atoms with Crippen molar-refractivity contribution in [3.05, 3.63) is 0 Å². The molecule has 0 aromatic heterocycles. The number of rotatable bonds is 4. The number of hydrogen-bond acceptors (Lipinski definition) is 11. The lowest BCUT2D eigenvalue weighted by molar-refractivity contribution is -0.355. The van der Waals surface area contributed by atoms with Gasteiger partial charge in [-0.05, 0) is 0 Å². The first-order chi connectivity index (χ1) is 10.8. The van der Waals surface area contributed by atoms with E-state index in [0.717, 1.165) is 0 Å². The average Bonchev–Trinajstić information content (AvgIpc) is 2.55. The molecule has 23 heavy (non-hydrogen) atoms. The van der Waals surface area contributed by atoms with Crippen LogP contribution in [0.3, 0.4) is 0 Å². The molecule has 3 unspecified atom stereocenters. The third-order valence-electron chi connectivity index (χ3n) is 3.98. The minimum Gasteiger partial charge on any atom is -0.394 e. The summed E-state index contributed by atoms with van der Waals surface area (Å²) in [5, 5.41) is 76.5. The zero-order valence-corrected chi connectivity index (χ0v) is 12.0. The lowest BCUT2D eigenvalue weighted by Crippen LogP contribution is -2.64. The van der Waals surface area contributed by atoms with Crippen molar-refractivity contribution in [1.29, 1.82) is 0 Å². The van der Waals surface area contributed by atoms with Crippen LogP contribution in [-0.2, 0) is 14.2 Å². The lowest BCUT2D eigenvalue weighted by atomic mass is 9.97. The second-order valence-corrected chi connectivity index (χ2v) is 5.53. The Morgan fingerprint density at radius 2 is 1.26 bits per heavy atom. The second kappa shape index (κ2) is 7.63. The molecule has 11 nitrogen and oxygen atoms in total. The van der Waals surface area contributed by atoms with Crippen molar-refractivity contribution in [1.82, 2.24) is 0 Å². The van der Waals surface area contributed by atoms with Crippen LogP contribution in [0.2, 0.25) is 0 Å². The quantitative estimate of drug-likeness (QED) is 0.243. The molecule has 11 heteroatoms. The molecular weight excluding hydrogens is 320 g/mol. The Morgan fingerprint density at radius 1 is 0.652 bits per heavy atom. The third kappa shape index (κ3) is 3.65. The summed E-state index contributed by atoms with van der Waals surface area (Å²) in [7, 11) is 0. The van der Waals surface area contributed by atoms with Gasteiger partial charge in [-0.1, -0.05) is 0 Å². The summed E-state index contributed by atoms with van der Waals surface area (Å²) in [6.45, 7) is -1.35. The molecule has 136 valence electrons. The van der Waals surface area contributed by atoms with Crippen molar-refractivity contribution in [3.63, 3.8) is 0 Å². The molecule has 0 spiro atoms. The minimum atomic E-state index is -1.74. The van der Waals surface area contributed by atoms with Crippen LogP contribution in [0, 0.1) is 0 Å². The predicted octanol–water partition coefficient (Wildman–Crippen LogP) is -5.40. The Kier molecular flexibility index (Phi) is 6.27. The van der Waals surface area contributed by atoms with Crippen LogP contribution in [0.25, 0.3) is 0 Å². The van der Waals surface area contributed by atoms with Crippen molar-refractivity contribution in [2.75, 3.05) is 13.2 Å². The van der Waals surface area contributed by atoms with Gasteiger partial charge in [-0.25, -0.2) is 0 Å². The number of hydrogen-bond donors (Lipinski definition) is 8. The van der Waals surface area contributed by atoms with E-state index in [1.54, 1.807) is 0 Å². The third-order valence-corrected chi connectivity index (χ3v) is 3.98. The van der Waals surface area contributed by atoms with Gasteiger partial charge in [0, 0.05) is 0 Å². The first-order valence-corrected chi connectivity index (χ1v) is 7.08. The standard InChI is InChI=1S/C12H22O11/c13-1-3-5(15)6(16)9(19)12(22-3)23-10-4(2-14)21-11(20)8(18)7(10)17/h3-20H,1-2H2/t3-,4?,5+,6-,7+,8?,9?,10-,11-,12+/m1/s1. The molecule has 2 aliphatic heterocycles. The Balaban J connectivity index is 2.11. The Bertz CT molecular complexity index is 378. The first kappa shape index (κ1) is 18.9. The molecule has 2 aliphatic rings. The van der Waals surface area contributed by atoms with E-state index in [1.165, 1.54) is 0 Å². The van der Waals surface area contributed by atoms with Crippen LogP contribution in [0.4, 0.5) is 0 Å². The van der Waals surface area contributed by atoms with Gasteiger partial charge in [-0.15, -0.1) is 0 Å². The first-order valence-electron chi connectivity index (χ1n) is 7.08. The highest BCUT2D eigenvalue weighted by Gasteiger charge is 2.50. The van der Waals surface area contributed by atoms with Gasteiger partial charge in [0.15, 0.2) is 12.6 Å². The molecule has 0 aliphatic carbocycles. The summed E-state index contributed by atoms with van der Waals surface area (Å²) in [6, 6.07) is 0. The molecule has 0 bridgehead atoms. The molecule has 0 amide bonds. The molecule has 2 rings (SSSR count). The number of aliphatic hydroxyl groups is 8. The topological polar surface area (TPSA) is 190 Å². The predicted molar refractivity (Wildman–Crippen MR) is 68.6 cm³/mol. The largest absolute Gasteiger partial charge is 0.394 e. The zero-order valence-electron chi connectivity index (χ0n) is 12.0. The van der Waals surface area contributed by atoms with E-state index in [1.807, 2.05) is 0 Å². The fourth-order valence-corrected chi connectivity index (χ4v) is 2.57. The maximum absolute atomic E-state index is 9.94. The molecule has 0 aromatic carbocycles. The molecule has 0 radical (unpaired) electrons. The van der Waals surface area contributed by atoms with Crippen LogP contribution in [0.1, 0.15) is 0 Å². The highest BCUT2D eigenvalue weighted by Crippen LogP contribution is 2.28. The molecule has 10 atom stereocenters. The SMILES string of the molecule is OCC1O[C@@H](O)C(O)[C@H](O)[C@@H]1O[C@@H]1O[C@H](CO)[C@H](O)[C@@H](O)C1O. The normalized spacial score (nSPS) is 51.7. The Morgan fingerprint density at radius 3 is 1.83 bits per heavy atom. The van der Waals surface area contributed by atoms with Gasteiger partial charge in [0.25, 0.3) is 0 Å². The highest BCUT2D eigenvalue weighted by atomic mass is 16.7. The van der Waals surface area contributed by atoms with Crippen LogP contribution in [-0.4, -0.2) is 115 Å². The van der Waals surface area contributed by atoms with Gasteiger partial charge in [0.05, 0.1) is 13.2 Å². The van der Waals surface area contributed by atoms with Gasteiger partial charge >= 0.3 is 0 Å². The summed E-state index contributed by atoms with van der Waals surface area (Å²) in [4.78, 5) is 0. The average molecular weight is 342 g/mol. The Labute approximate surface area is 130 Å². The summed E-state index contributed by atoms with van der Waals surface area (Å²) in [6.07, 6.45) is -15.6. The van der Waals surface area contributed by atoms with E-state index in [2.05, 4.69) is 0 Å². The summed E-state index contributed by atoms with van der Waals surface area (Å²) in [5.74, 6) is 0. The van der Waals surface area contributed by atoms with Gasteiger partial charge in [0.1, 0.15) is 48.8 Å². The molecular formula is C12H22O11. The molecule has 0 aromatic rings. The Hall–Kier alpha value is -0.440. The maximum atomic E-state index is 9.94. The summed E-state index contributed by atoms with van der Waals surface area (Å²) < 4.78 is 15.3. The fourth-order valence-electron chi connectivity index (χ4n) is 2.57. The fraction of sp³-hybridized carbons (Fsp3) is 1.00. The van der Waals surface area contributed by atoms with Crippen LogP contribution < -0.4 is 0 Å². The van der Waals surface area contributed by atoms with Crippen molar-refractivity contribution in [2.24, 2.45) is 0 Å². The second-order valence-electron chi connectivity index (χ2n) is 5.53. The van der Waals surface area contributed by atoms with Crippen LogP contribution in [0.5, 0.6) is 0 Å². The van der Waals surface area contributed by atoms with Crippen LogP contribution in [0.15, 0.2) is 0 Å². The highest BCUT2D eigenvalue weighted by molar-refractivity contribution is 4.93. The van der Waals surface area contributed by atoms with Crippen molar-refractivity contribution in [2.45, 2.75) is 61.4 Å². The van der Waals surface area contributed by atoms with Crippen molar-refractivity contribution >= 4 is 0 Å². The van der Waals surface area contributed by atoms with E-state index in [0.29, 0.717) is 0 Å². The molecule has 2 heterocycles. The van der Waals surface area contributed by atoms with Crippen LogP contribution >= 0.6 is 0 Å². The molecule has 2 fully saturated rings. The van der Waals surface area contributed by atoms with Crippen molar-refractivity contribution in [3.8, 4) is 0 Å². The molecule has 2 saturated heterocycles. The van der Waals surface area contributed by atoms with Crippen molar-refractivity contribution < 1.29 is 55.1 Å². The number of aliphatic hydroxyl groups excluding tert-OH is 8. The van der Waals surface area contributed by atoms with Gasteiger partial charge in [-0.3, -0.25) is 0 Å². The monoisotopic (exact) mass is 342 g/mol. The van der Waals surface area contributed by atoms with E-state index < -0.39 is 74.6 Å². The maximum Gasteiger partial charge on any atom is 0.187 e. The summed E-state index contributed by atoms with van der Waals surface area (Å²) in [5.41, 5.74) is 0. The van der Waals surface area contributed by atoms with Gasteiger partial charge in [0.2, 0.25) is 0 Å². The number of ether oxygens (including phenoxy) is 3. The zero-order chi connectivity index (χ0) is 17.3. The minimum absolute atomic E-state index is 0.667.